The molecule has 8 rings (SSSR count). The molecule has 6 bridgehead atoms. The van der Waals surface area contributed by atoms with E-state index in [-0.39, 0.29) is 23.4 Å². The molecule has 0 radical (unpaired) electrons. The Balaban J connectivity index is 0.000000142. The van der Waals surface area contributed by atoms with Crippen LogP contribution in [0.4, 0.5) is 0 Å². The molecule has 6 saturated carbocycles. The van der Waals surface area contributed by atoms with Crippen LogP contribution in [0.15, 0.2) is 0 Å². The molecule has 2 saturated heterocycles. The van der Waals surface area contributed by atoms with Crippen molar-refractivity contribution in [1.29, 1.82) is 0 Å². The van der Waals surface area contributed by atoms with Gasteiger partial charge in [-0.25, -0.2) is 13.2 Å². The normalized spacial score (nSPS) is 44.7. The van der Waals surface area contributed by atoms with Gasteiger partial charge in [0.05, 0.1) is 5.25 Å². The summed E-state index contributed by atoms with van der Waals surface area (Å²) in [6.45, 7) is 2.26. The molecule has 220 valence electrons. The fourth-order valence-electron chi connectivity index (χ4n) is 8.96. The van der Waals surface area contributed by atoms with Crippen molar-refractivity contribution in [2.24, 2.45) is 35.5 Å². The van der Waals surface area contributed by atoms with Crippen LogP contribution in [0, 0.1) is 35.5 Å². The van der Waals surface area contributed by atoms with E-state index in [1.54, 1.807) is 0 Å². The molecule has 2 aliphatic heterocycles. The number of ether oxygens (including phenoxy) is 2. The number of hydrogen-bond donors (Lipinski definition) is 0. The summed E-state index contributed by atoms with van der Waals surface area (Å²) < 4.78 is 70.6. The summed E-state index contributed by atoms with van der Waals surface area (Å²) in [4.78, 5) is 23.7. The second-order valence-corrected chi connectivity index (χ2v) is 18.5. The van der Waals surface area contributed by atoms with Crippen LogP contribution in [0.2, 0.25) is 0 Å². The van der Waals surface area contributed by atoms with E-state index in [0.717, 1.165) is 11.8 Å². The number of carbonyl (C=O) groups is 2. The lowest BCUT2D eigenvalue weighted by Crippen LogP contribution is -2.58. The van der Waals surface area contributed by atoms with Gasteiger partial charge in [0.1, 0.15) is 45.2 Å². The van der Waals surface area contributed by atoms with Crippen LogP contribution in [0.5, 0.6) is 0 Å². The first-order valence-electron chi connectivity index (χ1n) is 14.2. The molecule has 8 aliphatic rings. The monoisotopic (exact) mass is 606 g/mol. The summed E-state index contributed by atoms with van der Waals surface area (Å²) in [7, 11) is -7.96. The van der Waals surface area contributed by atoms with E-state index in [1.807, 2.05) is 0 Å². The quantitative estimate of drug-likeness (QED) is 0.189. The maximum Gasteiger partial charge on any atom is 0.356 e. The van der Waals surface area contributed by atoms with E-state index < -0.39 is 49.4 Å². The highest BCUT2D eigenvalue weighted by molar-refractivity contribution is 7.97. The van der Waals surface area contributed by atoms with Crippen molar-refractivity contribution in [2.75, 3.05) is 23.0 Å². The largest absolute Gasteiger partial charge is 0.748 e. The van der Waals surface area contributed by atoms with Gasteiger partial charge >= 0.3 is 11.9 Å². The second-order valence-electron chi connectivity index (χ2n) is 13.0. The zero-order valence-electron chi connectivity index (χ0n) is 22.2. The van der Waals surface area contributed by atoms with Gasteiger partial charge in [-0.05, 0) is 99.3 Å². The Hall–Kier alpha value is -0.890. The molecular weight excluding hydrogens is 568 g/mol. The van der Waals surface area contributed by atoms with Crippen molar-refractivity contribution < 1.29 is 44.6 Å². The van der Waals surface area contributed by atoms with Crippen LogP contribution in [-0.2, 0) is 54.4 Å². The van der Waals surface area contributed by atoms with Crippen LogP contribution >= 0.6 is 0 Å². The summed E-state index contributed by atoms with van der Waals surface area (Å²) in [6.07, 6.45) is 8.82. The van der Waals surface area contributed by atoms with Crippen molar-refractivity contribution in [3.05, 3.63) is 0 Å². The van der Waals surface area contributed by atoms with Crippen LogP contribution in [0.3, 0.4) is 0 Å². The van der Waals surface area contributed by atoms with Gasteiger partial charge in [0, 0.05) is 11.8 Å². The lowest BCUT2D eigenvalue weighted by molar-refractivity contribution is -0.200. The smallest absolute Gasteiger partial charge is 0.356 e. The molecule has 5 atom stereocenters. The predicted octanol–water partition coefficient (Wildman–Crippen LogP) is 1.74. The minimum Gasteiger partial charge on any atom is -0.748 e. The zero-order chi connectivity index (χ0) is 27.7. The molecule has 5 unspecified atom stereocenters. The Bertz CT molecular complexity index is 1180. The van der Waals surface area contributed by atoms with Crippen LogP contribution in [0.1, 0.15) is 64.7 Å². The van der Waals surface area contributed by atoms with Gasteiger partial charge in [0.15, 0.2) is 0 Å². The van der Waals surface area contributed by atoms with Crippen molar-refractivity contribution in [2.45, 2.75) is 87.8 Å². The summed E-state index contributed by atoms with van der Waals surface area (Å²) in [5.74, 6) is 3.83. The zero-order valence-corrected chi connectivity index (χ0v) is 24.6. The standard InChI is InChI=1S/C17H27O2S.C9H12O8S2/c1-17(19-16(18)11-20-4-2-3-5-20)14-7-12-6-13(9-14)10-15(17)8-12;10-7(3-18(11,12)13)16-8-4-1-5-6(2-4)19(14,15)17-9(5)8/h12-15H,2-11H2,1H3;4-6,8-9H,1-3H2,(H,11,12,13)/q+1;/p-1. The Morgan fingerprint density at radius 3 is 2.18 bits per heavy atom. The van der Waals surface area contributed by atoms with Crippen molar-refractivity contribution in [3.63, 3.8) is 0 Å². The molecule has 0 aromatic rings. The number of hydrogen-bond acceptors (Lipinski definition) is 10. The molecule has 0 N–H and O–H groups in total. The first-order chi connectivity index (χ1) is 18.3. The molecule has 10 nitrogen and oxygen atoms in total. The molecule has 13 heteroatoms. The average molecular weight is 607 g/mol. The number of esters is 2. The lowest BCUT2D eigenvalue weighted by Gasteiger charge is -2.58. The number of fused-ring (bicyclic) bond motifs is 1. The summed E-state index contributed by atoms with van der Waals surface area (Å²) in [5, 5.41) is -0.541. The van der Waals surface area contributed by atoms with Crippen molar-refractivity contribution in [3.8, 4) is 0 Å². The van der Waals surface area contributed by atoms with Crippen molar-refractivity contribution in [1.82, 2.24) is 0 Å². The van der Waals surface area contributed by atoms with E-state index in [2.05, 4.69) is 6.92 Å². The average Bonchev–Trinajstić information content (AvgIpc) is 3.57. The topological polar surface area (TPSA) is 153 Å². The van der Waals surface area contributed by atoms with Gasteiger partial charge in [-0.3, -0.25) is 8.98 Å². The van der Waals surface area contributed by atoms with E-state index in [9.17, 15) is 31.0 Å². The maximum atomic E-state index is 12.4. The van der Waals surface area contributed by atoms with E-state index in [4.69, 9.17) is 13.7 Å². The Morgan fingerprint density at radius 2 is 1.59 bits per heavy atom. The summed E-state index contributed by atoms with van der Waals surface area (Å²) in [5.41, 5.74) is -0.117. The van der Waals surface area contributed by atoms with Crippen molar-refractivity contribution >= 4 is 43.1 Å². The summed E-state index contributed by atoms with van der Waals surface area (Å²) >= 11 is 0. The Morgan fingerprint density at radius 1 is 0.974 bits per heavy atom. The third kappa shape index (κ3) is 5.51. The predicted molar refractivity (Wildman–Crippen MR) is 141 cm³/mol. The third-order valence-corrected chi connectivity index (χ3v) is 15.2. The molecule has 8 fully saturated rings. The lowest BCUT2D eigenvalue weighted by atomic mass is 9.50. The highest BCUT2D eigenvalue weighted by Crippen LogP contribution is 2.59. The fraction of sp³-hybridized carbons (Fsp3) is 0.923. The van der Waals surface area contributed by atoms with Crippen LogP contribution in [0.25, 0.3) is 0 Å². The van der Waals surface area contributed by atoms with Gasteiger partial charge in [-0.15, -0.1) is 0 Å². The van der Waals surface area contributed by atoms with E-state index in [0.29, 0.717) is 41.3 Å². The van der Waals surface area contributed by atoms with E-state index >= 15 is 0 Å². The van der Waals surface area contributed by atoms with E-state index in [1.165, 1.54) is 56.5 Å². The molecule has 39 heavy (non-hydrogen) atoms. The molecule has 0 aromatic carbocycles. The van der Waals surface area contributed by atoms with Gasteiger partial charge in [-0.2, -0.15) is 8.42 Å². The number of carbonyl (C=O) groups excluding carboxylic acids is 2. The SMILES string of the molecule is CC1(OC(=O)C[S+]2CCCC2)C2CC3CC(C2)CC1C3.O=C(CS(=O)(=O)[O-])OC1C2CC3C1OS(=O)(=O)C3C2. The first-order valence-corrected chi connectivity index (χ1v) is 19.0. The molecule has 0 spiro atoms. The van der Waals surface area contributed by atoms with Gasteiger partial charge < -0.3 is 14.0 Å². The van der Waals surface area contributed by atoms with Crippen LogP contribution < -0.4 is 0 Å². The minimum absolute atomic E-state index is 0.116. The molecular formula is C26H38O10S3. The minimum atomic E-state index is -4.70. The molecule has 0 amide bonds. The van der Waals surface area contributed by atoms with Crippen LogP contribution in [-0.4, -0.2) is 79.4 Å². The molecule has 2 heterocycles. The van der Waals surface area contributed by atoms with Gasteiger partial charge in [0.25, 0.3) is 10.1 Å². The van der Waals surface area contributed by atoms with Gasteiger partial charge in [0.2, 0.25) is 5.75 Å². The third-order valence-electron chi connectivity index (χ3n) is 10.5. The summed E-state index contributed by atoms with van der Waals surface area (Å²) in [6, 6.07) is 0. The second kappa shape index (κ2) is 10.1. The Labute approximate surface area is 233 Å². The highest BCUT2D eigenvalue weighted by Gasteiger charge is 2.65. The Kier molecular flexibility index (Phi) is 7.34. The van der Waals surface area contributed by atoms with Gasteiger partial charge in [-0.1, -0.05) is 0 Å². The maximum absolute atomic E-state index is 12.4. The molecule has 0 aromatic heterocycles. The first kappa shape index (κ1) is 28.2. The molecule has 6 aliphatic carbocycles. The highest BCUT2D eigenvalue weighted by atomic mass is 32.2. The number of rotatable bonds is 6. The fourth-order valence-corrected chi connectivity index (χ4v) is 13.3.